The number of amides is 2. The van der Waals surface area contributed by atoms with Crippen LogP contribution in [0, 0.1) is 0 Å². The lowest BCUT2D eigenvalue weighted by Gasteiger charge is -2.22. The number of nitrogens with one attached hydrogen (secondary N) is 1. The van der Waals surface area contributed by atoms with Crippen LogP contribution in [-0.2, 0) is 0 Å². The number of thioether (sulfide) groups is 1. The van der Waals surface area contributed by atoms with Gasteiger partial charge in [-0.2, -0.15) is 11.8 Å². The van der Waals surface area contributed by atoms with Gasteiger partial charge in [0.15, 0.2) is 11.5 Å². The molecule has 1 aliphatic rings. The van der Waals surface area contributed by atoms with E-state index < -0.39 is 0 Å². The molecule has 1 N–H and O–H groups in total. The van der Waals surface area contributed by atoms with Gasteiger partial charge in [-0.05, 0) is 30.0 Å². The van der Waals surface area contributed by atoms with Crippen LogP contribution in [0.2, 0.25) is 0 Å². The molecular weight excluding hydrogens is 356 g/mol. The molecule has 2 aromatic rings. The summed E-state index contributed by atoms with van der Waals surface area (Å²) >= 11 is 3.72. The molecule has 1 unspecified atom stereocenters. The van der Waals surface area contributed by atoms with E-state index in [1.165, 1.54) is 4.88 Å². The number of hydrogen-bond donors (Lipinski definition) is 1. The van der Waals surface area contributed by atoms with Crippen molar-refractivity contribution in [3.8, 4) is 11.5 Å². The first-order valence-electron chi connectivity index (χ1n) is 8.15. The van der Waals surface area contributed by atoms with Gasteiger partial charge in [-0.15, -0.1) is 11.3 Å². The minimum Gasteiger partial charge on any atom is -0.493 e. The molecule has 1 aromatic heterocycles. The van der Waals surface area contributed by atoms with Crippen LogP contribution < -0.4 is 14.8 Å². The minimum absolute atomic E-state index is 0.0982. The molecule has 0 spiro atoms. The number of para-hydroxylation sites is 1. The molecule has 5 nitrogen and oxygen atoms in total. The molecule has 0 aliphatic carbocycles. The van der Waals surface area contributed by atoms with Crippen LogP contribution in [-0.4, -0.2) is 44.0 Å². The van der Waals surface area contributed by atoms with Gasteiger partial charge < -0.3 is 19.7 Å². The SMILES string of the molecule is COc1cccc(NC(=O)N2CCSC(c3cccs3)CC2)c1OC. The van der Waals surface area contributed by atoms with E-state index in [0.29, 0.717) is 22.4 Å². The van der Waals surface area contributed by atoms with Gasteiger partial charge >= 0.3 is 6.03 Å². The molecule has 3 rings (SSSR count). The van der Waals surface area contributed by atoms with Gasteiger partial charge in [0.05, 0.1) is 19.9 Å². The van der Waals surface area contributed by atoms with Crippen LogP contribution in [0.3, 0.4) is 0 Å². The summed E-state index contributed by atoms with van der Waals surface area (Å²) in [5.41, 5.74) is 0.624. The van der Waals surface area contributed by atoms with Crippen molar-refractivity contribution in [3.63, 3.8) is 0 Å². The predicted molar refractivity (Wildman–Crippen MR) is 104 cm³/mol. The number of ether oxygens (including phenoxy) is 2. The Labute approximate surface area is 156 Å². The summed E-state index contributed by atoms with van der Waals surface area (Å²) in [6.45, 7) is 1.48. The quantitative estimate of drug-likeness (QED) is 0.852. The summed E-state index contributed by atoms with van der Waals surface area (Å²) in [5, 5.41) is 5.55. The topological polar surface area (TPSA) is 50.8 Å². The lowest BCUT2D eigenvalue weighted by molar-refractivity contribution is 0.215. The minimum atomic E-state index is -0.0982. The number of thiophene rings is 1. The molecule has 2 amide bonds. The monoisotopic (exact) mass is 378 g/mol. The third-order valence-electron chi connectivity index (χ3n) is 4.13. The van der Waals surface area contributed by atoms with Gasteiger partial charge in [-0.3, -0.25) is 0 Å². The standard InChI is InChI=1S/C18H22N2O3S2/c1-22-14-6-3-5-13(17(14)23-2)19-18(21)20-9-8-16(25-12-10-20)15-7-4-11-24-15/h3-7,11,16H,8-10,12H2,1-2H3,(H,19,21). The van der Waals surface area contributed by atoms with Gasteiger partial charge in [0, 0.05) is 29.0 Å². The van der Waals surface area contributed by atoms with Gasteiger partial charge in [0.1, 0.15) is 0 Å². The van der Waals surface area contributed by atoms with E-state index >= 15 is 0 Å². The summed E-state index contributed by atoms with van der Waals surface area (Å²) in [6.07, 6.45) is 0.966. The van der Waals surface area contributed by atoms with E-state index in [9.17, 15) is 4.79 Å². The van der Waals surface area contributed by atoms with Crippen LogP contribution in [0.1, 0.15) is 16.5 Å². The Morgan fingerprint density at radius 3 is 2.80 bits per heavy atom. The number of hydrogen-bond acceptors (Lipinski definition) is 5. The molecule has 0 saturated carbocycles. The second-order valence-corrected chi connectivity index (χ2v) is 7.91. The average molecular weight is 379 g/mol. The Hall–Kier alpha value is -1.86. The van der Waals surface area contributed by atoms with Crippen LogP contribution in [0.15, 0.2) is 35.7 Å². The molecule has 1 aliphatic heterocycles. The molecule has 134 valence electrons. The Kier molecular flexibility index (Phi) is 6.09. The zero-order chi connectivity index (χ0) is 17.6. The van der Waals surface area contributed by atoms with Crippen LogP contribution in [0.25, 0.3) is 0 Å². The zero-order valence-corrected chi connectivity index (χ0v) is 16.0. The predicted octanol–water partition coefficient (Wildman–Crippen LogP) is 4.48. The van der Waals surface area contributed by atoms with Crippen molar-refractivity contribution >= 4 is 34.8 Å². The highest BCUT2D eigenvalue weighted by Crippen LogP contribution is 2.37. The Bertz CT molecular complexity index is 706. The third kappa shape index (κ3) is 4.22. The summed E-state index contributed by atoms with van der Waals surface area (Å²) in [5.74, 6) is 2.08. The summed E-state index contributed by atoms with van der Waals surface area (Å²) < 4.78 is 10.7. The second-order valence-electron chi connectivity index (χ2n) is 5.62. The first-order chi connectivity index (χ1) is 12.2. The van der Waals surface area contributed by atoms with Crippen LogP contribution >= 0.6 is 23.1 Å². The molecular formula is C18H22N2O3S2. The number of nitrogens with zero attached hydrogens (tertiary/aromatic N) is 1. The second kappa shape index (κ2) is 8.49. The number of carbonyl (C=O) groups is 1. The summed E-state index contributed by atoms with van der Waals surface area (Å²) in [6, 6.07) is 9.63. The normalized spacial score (nSPS) is 17.7. The van der Waals surface area contributed by atoms with Crippen molar-refractivity contribution < 1.29 is 14.3 Å². The largest absolute Gasteiger partial charge is 0.493 e. The number of carbonyl (C=O) groups excluding carboxylic acids is 1. The average Bonchev–Trinajstić information content (AvgIpc) is 3.05. The highest BCUT2D eigenvalue weighted by molar-refractivity contribution is 7.99. The van der Waals surface area contributed by atoms with E-state index in [1.54, 1.807) is 25.6 Å². The fraction of sp³-hybridized carbons (Fsp3) is 0.389. The number of methoxy groups -OCH3 is 2. The molecule has 1 saturated heterocycles. The molecule has 25 heavy (non-hydrogen) atoms. The van der Waals surface area contributed by atoms with Gasteiger partial charge in [-0.25, -0.2) is 4.79 Å². The van der Waals surface area contributed by atoms with Gasteiger partial charge in [0.25, 0.3) is 0 Å². The van der Waals surface area contributed by atoms with Crippen LogP contribution in [0.4, 0.5) is 10.5 Å². The molecule has 0 radical (unpaired) electrons. The number of urea groups is 1. The van der Waals surface area contributed by atoms with Crippen molar-refractivity contribution in [3.05, 3.63) is 40.6 Å². The van der Waals surface area contributed by atoms with Crippen LogP contribution in [0.5, 0.6) is 11.5 Å². The van der Waals surface area contributed by atoms with E-state index in [4.69, 9.17) is 9.47 Å². The third-order valence-corrected chi connectivity index (χ3v) is 6.58. The zero-order valence-electron chi connectivity index (χ0n) is 14.4. The molecule has 2 heterocycles. The van der Waals surface area contributed by atoms with E-state index in [-0.39, 0.29) is 6.03 Å². The smallest absolute Gasteiger partial charge is 0.321 e. The van der Waals surface area contributed by atoms with Crippen molar-refractivity contribution in [2.24, 2.45) is 0 Å². The maximum absolute atomic E-state index is 12.7. The molecule has 1 atom stereocenters. The molecule has 7 heteroatoms. The highest BCUT2D eigenvalue weighted by Gasteiger charge is 2.23. The van der Waals surface area contributed by atoms with Gasteiger partial charge in [-0.1, -0.05) is 12.1 Å². The maximum atomic E-state index is 12.7. The molecule has 0 bridgehead atoms. The van der Waals surface area contributed by atoms with E-state index in [0.717, 1.165) is 25.3 Å². The molecule has 1 aromatic carbocycles. The van der Waals surface area contributed by atoms with Crippen molar-refractivity contribution in [1.29, 1.82) is 0 Å². The first kappa shape index (κ1) is 17.9. The lowest BCUT2D eigenvalue weighted by Crippen LogP contribution is -2.36. The van der Waals surface area contributed by atoms with Crippen molar-refractivity contribution in [2.75, 3.05) is 38.4 Å². The number of anilines is 1. The van der Waals surface area contributed by atoms with E-state index in [2.05, 4.69) is 22.8 Å². The molecule has 1 fully saturated rings. The fourth-order valence-corrected chi connectivity index (χ4v) is 5.09. The van der Waals surface area contributed by atoms with Gasteiger partial charge in [0.2, 0.25) is 0 Å². The maximum Gasteiger partial charge on any atom is 0.321 e. The first-order valence-corrected chi connectivity index (χ1v) is 10.1. The Morgan fingerprint density at radius 2 is 2.08 bits per heavy atom. The fourth-order valence-electron chi connectivity index (χ4n) is 2.86. The lowest BCUT2D eigenvalue weighted by atomic mass is 10.2. The Balaban J connectivity index is 1.66. The van der Waals surface area contributed by atoms with E-state index in [1.807, 2.05) is 34.9 Å². The van der Waals surface area contributed by atoms with Crippen molar-refractivity contribution in [1.82, 2.24) is 4.90 Å². The number of benzene rings is 1. The summed E-state index contributed by atoms with van der Waals surface area (Å²) in [7, 11) is 3.15. The highest BCUT2D eigenvalue weighted by atomic mass is 32.2. The summed E-state index contributed by atoms with van der Waals surface area (Å²) in [4.78, 5) is 16.0. The van der Waals surface area contributed by atoms with Crippen molar-refractivity contribution in [2.45, 2.75) is 11.7 Å². The Morgan fingerprint density at radius 1 is 1.20 bits per heavy atom. The number of rotatable bonds is 4.